The van der Waals surface area contributed by atoms with E-state index in [4.69, 9.17) is 0 Å². The van der Waals surface area contributed by atoms with Crippen LogP contribution in [0.3, 0.4) is 0 Å². The molecule has 1 aliphatic rings. The van der Waals surface area contributed by atoms with E-state index in [2.05, 4.69) is 31.3 Å². The average molecular weight is 223 g/mol. The maximum absolute atomic E-state index is 3.70. The predicted octanol–water partition coefficient (Wildman–Crippen LogP) is 3.59. The lowest BCUT2D eigenvalue weighted by molar-refractivity contribution is 0.451. The van der Waals surface area contributed by atoms with Crippen LogP contribution in [0.15, 0.2) is 12.1 Å². The summed E-state index contributed by atoms with van der Waals surface area (Å²) in [7, 11) is 0. The Bertz CT molecular complexity index is 301. The minimum absolute atomic E-state index is 0.761. The fraction of sp³-hybridized carbons (Fsp3) is 0.692. The Labute approximate surface area is 96.9 Å². The van der Waals surface area contributed by atoms with Gasteiger partial charge in [-0.2, -0.15) is 0 Å². The standard InChI is InChI=1S/C13H21NS/c1-3-11-7-8-12(15-11)9-14-13(4-2)10-5-6-10/h7-8,10,13-14H,3-6,9H2,1-2H3. The second-order valence-corrected chi connectivity index (χ2v) is 5.71. The van der Waals surface area contributed by atoms with E-state index in [1.54, 1.807) is 0 Å². The van der Waals surface area contributed by atoms with E-state index < -0.39 is 0 Å². The van der Waals surface area contributed by atoms with Gasteiger partial charge in [-0.05, 0) is 43.7 Å². The predicted molar refractivity (Wildman–Crippen MR) is 67.3 cm³/mol. The number of hydrogen-bond donors (Lipinski definition) is 1. The molecule has 1 aliphatic carbocycles. The summed E-state index contributed by atoms with van der Waals surface area (Å²) >= 11 is 1.95. The molecule has 1 aromatic rings. The fourth-order valence-corrected chi connectivity index (χ4v) is 2.99. The smallest absolute Gasteiger partial charge is 0.0302 e. The molecular formula is C13H21NS. The van der Waals surface area contributed by atoms with E-state index in [-0.39, 0.29) is 0 Å². The Hall–Kier alpha value is -0.340. The highest BCUT2D eigenvalue weighted by Crippen LogP contribution is 2.34. The summed E-state index contributed by atoms with van der Waals surface area (Å²) in [5.41, 5.74) is 0. The van der Waals surface area contributed by atoms with E-state index in [0.717, 1.165) is 18.5 Å². The molecule has 1 unspecified atom stereocenters. The molecule has 1 heterocycles. The molecule has 0 saturated heterocycles. The van der Waals surface area contributed by atoms with Crippen LogP contribution in [0.2, 0.25) is 0 Å². The topological polar surface area (TPSA) is 12.0 Å². The minimum atomic E-state index is 0.761. The lowest BCUT2D eigenvalue weighted by Gasteiger charge is -2.15. The first-order chi connectivity index (χ1) is 7.33. The van der Waals surface area contributed by atoms with Crippen LogP contribution in [0.4, 0.5) is 0 Å². The Morgan fingerprint density at radius 1 is 1.33 bits per heavy atom. The zero-order valence-electron chi connectivity index (χ0n) is 9.75. The van der Waals surface area contributed by atoms with Gasteiger partial charge < -0.3 is 5.32 Å². The van der Waals surface area contributed by atoms with Crippen LogP contribution in [0.25, 0.3) is 0 Å². The van der Waals surface area contributed by atoms with E-state index in [0.29, 0.717) is 0 Å². The highest BCUT2D eigenvalue weighted by molar-refractivity contribution is 7.11. The summed E-state index contributed by atoms with van der Waals surface area (Å²) in [6.07, 6.45) is 5.33. The second kappa shape index (κ2) is 5.13. The number of rotatable bonds is 6. The molecule has 0 bridgehead atoms. The molecule has 2 rings (SSSR count). The molecule has 84 valence electrons. The molecule has 1 N–H and O–H groups in total. The van der Waals surface area contributed by atoms with Gasteiger partial charge in [0, 0.05) is 22.3 Å². The molecular weight excluding hydrogens is 202 g/mol. The first kappa shape index (κ1) is 11.2. The van der Waals surface area contributed by atoms with E-state index in [9.17, 15) is 0 Å². The van der Waals surface area contributed by atoms with Gasteiger partial charge in [-0.15, -0.1) is 11.3 Å². The molecule has 0 spiro atoms. The Balaban J connectivity index is 1.80. The monoisotopic (exact) mass is 223 g/mol. The SMILES string of the molecule is CCc1ccc(CNC(CC)C2CC2)s1. The van der Waals surface area contributed by atoms with Crippen molar-refractivity contribution in [3.63, 3.8) is 0 Å². The van der Waals surface area contributed by atoms with E-state index in [1.807, 2.05) is 11.3 Å². The van der Waals surface area contributed by atoms with Gasteiger partial charge in [0.25, 0.3) is 0 Å². The average Bonchev–Trinajstić information content (AvgIpc) is 2.98. The van der Waals surface area contributed by atoms with Gasteiger partial charge in [0.2, 0.25) is 0 Å². The third-order valence-electron chi connectivity index (χ3n) is 3.24. The van der Waals surface area contributed by atoms with Gasteiger partial charge in [0.15, 0.2) is 0 Å². The summed E-state index contributed by atoms with van der Waals surface area (Å²) in [6, 6.07) is 5.30. The number of thiophene rings is 1. The summed E-state index contributed by atoms with van der Waals surface area (Å²) in [4.78, 5) is 3.00. The van der Waals surface area contributed by atoms with Crippen molar-refractivity contribution in [1.29, 1.82) is 0 Å². The quantitative estimate of drug-likeness (QED) is 0.777. The van der Waals surface area contributed by atoms with Gasteiger partial charge in [0.1, 0.15) is 0 Å². The third-order valence-corrected chi connectivity index (χ3v) is 4.46. The summed E-state index contributed by atoms with van der Waals surface area (Å²) in [5, 5.41) is 3.70. The highest BCUT2D eigenvalue weighted by atomic mass is 32.1. The first-order valence-electron chi connectivity index (χ1n) is 6.14. The van der Waals surface area contributed by atoms with Crippen LogP contribution in [0.1, 0.15) is 42.9 Å². The molecule has 0 aliphatic heterocycles. The van der Waals surface area contributed by atoms with Crippen LogP contribution >= 0.6 is 11.3 Å². The normalized spacial score (nSPS) is 18.0. The van der Waals surface area contributed by atoms with Crippen LogP contribution in [-0.2, 0) is 13.0 Å². The lowest BCUT2D eigenvalue weighted by Crippen LogP contribution is -2.29. The maximum Gasteiger partial charge on any atom is 0.0302 e. The molecule has 0 amide bonds. The van der Waals surface area contributed by atoms with Crippen LogP contribution in [0, 0.1) is 5.92 Å². The largest absolute Gasteiger partial charge is 0.309 e. The maximum atomic E-state index is 3.70. The molecule has 1 saturated carbocycles. The van der Waals surface area contributed by atoms with Crippen molar-refractivity contribution in [3.05, 3.63) is 21.9 Å². The van der Waals surface area contributed by atoms with Gasteiger partial charge >= 0.3 is 0 Å². The van der Waals surface area contributed by atoms with Gasteiger partial charge in [-0.3, -0.25) is 0 Å². The van der Waals surface area contributed by atoms with Crippen molar-refractivity contribution >= 4 is 11.3 Å². The Kier molecular flexibility index (Phi) is 3.81. The summed E-state index contributed by atoms with van der Waals surface area (Å²) in [5.74, 6) is 0.973. The zero-order chi connectivity index (χ0) is 10.7. The van der Waals surface area contributed by atoms with Crippen molar-refractivity contribution in [1.82, 2.24) is 5.32 Å². The van der Waals surface area contributed by atoms with Crippen molar-refractivity contribution < 1.29 is 0 Å². The lowest BCUT2D eigenvalue weighted by atomic mass is 10.1. The number of nitrogens with one attached hydrogen (secondary N) is 1. The van der Waals surface area contributed by atoms with Crippen molar-refractivity contribution in [2.75, 3.05) is 0 Å². The molecule has 1 nitrogen and oxygen atoms in total. The fourth-order valence-electron chi connectivity index (χ4n) is 2.08. The van der Waals surface area contributed by atoms with Crippen LogP contribution in [0.5, 0.6) is 0 Å². The van der Waals surface area contributed by atoms with Crippen LogP contribution in [-0.4, -0.2) is 6.04 Å². The van der Waals surface area contributed by atoms with E-state index >= 15 is 0 Å². The molecule has 0 radical (unpaired) electrons. The summed E-state index contributed by atoms with van der Waals surface area (Å²) in [6.45, 7) is 5.59. The highest BCUT2D eigenvalue weighted by Gasteiger charge is 2.29. The third kappa shape index (κ3) is 3.05. The van der Waals surface area contributed by atoms with Crippen molar-refractivity contribution in [3.8, 4) is 0 Å². The number of hydrogen-bond acceptors (Lipinski definition) is 2. The first-order valence-corrected chi connectivity index (χ1v) is 6.96. The van der Waals surface area contributed by atoms with Gasteiger partial charge in [-0.25, -0.2) is 0 Å². The molecule has 15 heavy (non-hydrogen) atoms. The Morgan fingerprint density at radius 3 is 2.60 bits per heavy atom. The van der Waals surface area contributed by atoms with E-state index in [1.165, 1.54) is 35.4 Å². The zero-order valence-corrected chi connectivity index (χ0v) is 10.6. The summed E-state index contributed by atoms with van der Waals surface area (Å²) < 4.78 is 0. The van der Waals surface area contributed by atoms with Crippen molar-refractivity contribution in [2.45, 2.75) is 52.1 Å². The Morgan fingerprint density at radius 2 is 2.07 bits per heavy atom. The van der Waals surface area contributed by atoms with Crippen LogP contribution < -0.4 is 5.32 Å². The van der Waals surface area contributed by atoms with Crippen molar-refractivity contribution in [2.24, 2.45) is 5.92 Å². The molecule has 0 aromatic carbocycles. The minimum Gasteiger partial charge on any atom is -0.309 e. The number of aryl methyl sites for hydroxylation is 1. The molecule has 1 atom stereocenters. The van der Waals surface area contributed by atoms with Gasteiger partial charge in [0.05, 0.1) is 0 Å². The molecule has 2 heteroatoms. The molecule has 1 aromatic heterocycles. The second-order valence-electron chi connectivity index (χ2n) is 4.45. The van der Waals surface area contributed by atoms with Gasteiger partial charge in [-0.1, -0.05) is 13.8 Å². The molecule has 1 fully saturated rings.